The van der Waals surface area contributed by atoms with E-state index in [-0.39, 0.29) is 0 Å². The van der Waals surface area contributed by atoms with E-state index in [1.807, 2.05) is 34.0 Å². The van der Waals surface area contributed by atoms with Crippen LogP contribution in [0.4, 0.5) is 0 Å². The highest BCUT2D eigenvalue weighted by atomic mass is 32.1. The summed E-state index contributed by atoms with van der Waals surface area (Å²) in [7, 11) is 0. The lowest BCUT2D eigenvalue weighted by atomic mass is 10.0. The Kier molecular flexibility index (Phi) is 3.82. The van der Waals surface area contributed by atoms with Crippen molar-refractivity contribution < 1.29 is 0 Å². The molecule has 3 heterocycles. The van der Waals surface area contributed by atoms with Crippen LogP contribution in [-0.2, 0) is 12.8 Å². The van der Waals surface area contributed by atoms with Crippen LogP contribution in [0.1, 0.15) is 32.7 Å². The third kappa shape index (κ3) is 2.77. The van der Waals surface area contributed by atoms with E-state index in [2.05, 4.69) is 74.5 Å². The minimum atomic E-state index is 1.07. The average molecular weight is 453 g/mol. The summed E-state index contributed by atoms with van der Waals surface area (Å²) in [6.07, 6.45) is 2.17. The van der Waals surface area contributed by atoms with Gasteiger partial charge >= 0.3 is 0 Å². The molecule has 2 aliphatic carbocycles. The van der Waals surface area contributed by atoms with Gasteiger partial charge in [0.2, 0.25) is 0 Å². The maximum atomic E-state index is 2.49. The van der Waals surface area contributed by atoms with Crippen LogP contribution in [0.15, 0.2) is 60.7 Å². The lowest BCUT2D eigenvalue weighted by Crippen LogP contribution is -1.86. The summed E-state index contributed by atoms with van der Waals surface area (Å²) < 4.78 is 0. The van der Waals surface area contributed by atoms with Gasteiger partial charge in [0.05, 0.1) is 0 Å². The number of fused-ring (bicyclic) bond motifs is 6. The van der Waals surface area contributed by atoms with Crippen LogP contribution in [0.2, 0.25) is 0 Å². The Morgan fingerprint density at radius 3 is 1.94 bits per heavy atom. The summed E-state index contributed by atoms with van der Waals surface area (Å²) in [6.45, 7) is 4.37. The minimum Gasteiger partial charge on any atom is -0.140 e. The molecular formula is C28H20S3. The molecule has 0 unspecified atom stereocenters. The first-order chi connectivity index (χ1) is 15.1. The van der Waals surface area contributed by atoms with Gasteiger partial charge in [-0.2, -0.15) is 0 Å². The topological polar surface area (TPSA) is 0 Å². The number of hydrogen-bond acceptors (Lipinski definition) is 3. The third-order valence-electron chi connectivity index (χ3n) is 6.51. The highest BCUT2D eigenvalue weighted by molar-refractivity contribution is 7.25. The predicted molar refractivity (Wildman–Crippen MR) is 137 cm³/mol. The summed E-state index contributed by atoms with van der Waals surface area (Å²) in [5, 5.41) is 0. The molecule has 7 rings (SSSR count). The second-order valence-corrected chi connectivity index (χ2v) is 12.1. The van der Waals surface area contributed by atoms with Gasteiger partial charge in [0, 0.05) is 29.3 Å². The zero-order chi connectivity index (χ0) is 20.7. The molecule has 2 aliphatic rings. The van der Waals surface area contributed by atoms with E-state index in [0.29, 0.717) is 0 Å². The van der Waals surface area contributed by atoms with Gasteiger partial charge in [-0.05, 0) is 102 Å². The fourth-order valence-corrected chi connectivity index (χ4v) is 8.40. The van der Waals surface area contributed by atoms with Crippen LogP contribution in [0.25, 0.3) is 41.1 Å². The standard InChI is InChI=1S/C28H20S3/c1-15-3-5-17(6-4-15)24-7-8-25(30-24)26-14-21-11-19-12-22-18(13-23(19)28(21)31-26)10-20-9-16(2)29-27(20)22/h3-9,12-14H,10-11H2,1-2H3. The molecular weight excluding hydrogens is 433 g/mol. The number of hydrogen-bond donors (Lipinski definition) is 0. The maximum Gasteiger partial charge on any atom is 0.0452 e. The normalized spacial score (nSPS) is 13.2. The highest BCUT2D eigenvalue weighted by Gasteiger charge is 2.28. The lowest BCUT2D eigenvalue weighted by Gasteiger charge is -2.06. The Hall–Kier alpha value is -2.46. The molecule has 0 bridgehead atoms. The zero-order valence-electron chi connectivity index (χ0n) is 17.4. The molecule has 3 heteroatoms. The first-order valence-corrected chi connectivity index (χ1v) is 13.1. The van der Waals surface area contributed by atoms with Crippen molar-refractivity contribution in [2.24, 2.45) is 0 Å². The quantitative estimate of drug-likeness (QED) is 0.245. The van der Waals surface area contributed by atoms with Crippen molar-refractivity contribution in [2.45, 2.75) is 26.7 Å². The first kappa shape index (κ1) is 18.1. The molecule has 2 aromatic carbocycles. The number of aryl methyl sites for hydroxylation is 2. The van der Waals surface area contributed by atoms with Gasteiger partial charge in [-0.25, -0.2) is 0 Å². The van der Waals surface area contributed by atoms with Crippen molar-refractivity contribution in [1.82, 2.24) is 0 Å². The van der Waals surface area contributed by atoms with Crippen molar-refractivity contribution in [3.63, 3.8) is 0 Å². The Labute approximate surface area is 194 Å². The molecule has 150 valence electrons. The van der Waals surface area contributed by atoms with Crippen LogP contribution in [-0.4, -0.2) is 0 Å². The van der Waals surface area contributed by atoms with Crippen LogP contribution in [0, 0.1) is 13.8 Å². The van der Waals surface area contributed by atoms with Crippen molar-refractivity contribution in [3.8, 4) is 41.1 Å². The first-order valence-electron chi connectivity index (χ1n) is 10.7. The molecule has 0 saturated carbocycles. The lowest BCUT2D eigenvalue weighted by molar-refractivity contribution is 1.24. The van der Waals surface area contributed by atoms with Gasteiger partial charge in [-0.1, -0.05) is 29.8 Å². The average Bonchev–Trinajstić information content (AvgIpc) is 3.53. The predicted octanol–water partition coefficient (Wildman–Crippen LogP) is 8.96. The molecule has 0 aliphatic heterocycles. The second-order valence-electron chi connectivity index (χ2n) is 8.73. The summed E-state index contributed by atoms with van der Waals surface area (Å²) in [5.41, 5.74) is 11.6. The minimum absolute atomic E-state index is 1.07. The van der Waals surface area contributed by atoms with Gasteiger partial charge in [0.15, 0.2) is 0 Å². The molecule has 0 saturated heterocycles. The van der Waals surface area contributed by atoms with E-state index in [4.69, 9.17) is 0 Å². The van der Waals surface area contributed by atoms with Crippen molar-refractivity contribution in [3.05, 3.63) is 93.4 Å². The zero-order valence-corrected chi connectivity index (χ0v) is 19.9. The van der Waals surface area contributed by atoms with Crippen molar-refractivity contribution in [2.75, 3.05) is 0 Å². The Morgan fingerprint density at radius 2 is 1.19 bits per heavy atom. The van der Waals surface area contributed by atoms with E-state index >= 15 is 0 Å². The summed E-state index contributed by atoms with van der Waals surface area (Å²) >= 11 is 5.84. The Bertz CT molecular complexity index is 1490. The van der Waals surface area contributed by atoms with Crippen LogP contribution >= 0.6 is 34.0 Å². The third-order valence-corrected chi connectivity index (χ3v) is 10.2. The molecule has 0 atom stereocenters. The van der Waals surface area contributed by atoms with Crippen molar-refractivity contribution >= 4 is 34.0 Å². The molecule has 0 N–H and O–H groups in total. The molecule has 3 aromatic heterocycles. The van der Waals surface area contributed by atoms with Crippen LogP contribution < -0.4 is 0 Å². The number of rotatable bonds is 2. The van der Waals surface area contributed by atoms with Gasteiger partial charge in [-0.3, -0.25) is 0 Å². The van der Waals surface area contributed by atoms with Gasteiger partial charge in [0.25, 0.3) is 0 Å². The van der Waals surface area contributed by atoms with E-state index in [1.165, 1.54) is 73.8 Å². The maximum absolute atomic E-state index is 2.49. The van der Waals surface area contributed by atoms with Crippen LogP contribution in [0.5, 0.6) is 0 Å². The van der Waals surface area contributed by atoms with E-state index in [9.17, 15) is 0 Å². The largest absolute Gasteiger partial charge is 0.140 e. The molecule has 5 aromatic rings. The fourth-order valence-electron chi connectivity index (χ4n) is 4.99. The Balaban J connectivity index is 1.25. The van der Waals surface area contributed by atoms with Gasteiger partial charge in [0.1, 0.15) is 0 Å². The molecule has 31 heavy (non-hydrogen) atoms. The smallest absolute Gasteiger partial charge is 0.0452 e. The SMILES string of the molecule is Cc1ccc(-c2ccc(-c3cc4c(s3)-c3cc5c(cc3C4)-c3sc(C)cc3C5)s2)cc1. The second kappa shape index (κ2) is 6.52. The monoisotopic (exact) mass is 452 g/mol. The van der Waals surface area contributed by atoms with E-state index < -0.39 is 0 Å². The molecule has 0 spiro atoms. The van der Waals surface area contributed by atoms with E-state index in [1.54, 1.807) is 0 Å². The summed E-state index contributed by atoms with van der Waals surface area (Å²) in [4.78, 5) is 8.58. The van der Waals surface area contributed by atoms with Gasteiger partial charge < -0.3 is 0 Å². The summed E-state index contributed by atoms with van der Waals surface area (Å²) in [6, 6.07) is 23.2. The van der Waals surface area contributed by atoms with Gasteiger partial charge in [-0.15, -0.1) is 34.0 Å². The number of thiophene rings is 3. The Morgan fingerprint density at radius 1 is 0.548 bits per heavy atom. The molecule has 0 amide bonds. The molecule has 0 radical (unpaired) electrons. The van der Waals surface area contributed by atoms with E-state index in [0.717, 1.165) is 12.8 Å². The number of benzene rings is 2. The summed E-state index contributed by atoms with van der Waals surface area (Å²) in [5.74, 6) is 0. The van der Waals surface area contributed by atoms with Crippen LogP contribution in [0.3, 0.4) is 0 Å². The highest BCUT2D eigenvalue weighted by Crippen LogP contribution is 2.51. The molecule has 0 nitrogen and oxygen atoms in total. The fraction of sp³-hybridized carbons (Fsp3) is 0.143. The van der Waals surface area contributed by atoms with Crippen molar-refractivity contribution in [1.29, 1.82) is 0 Å². The molecule has 0 fully saturated rings.